The van der Waals surface area contributed by atoms with Crippen molar-refractivity contribution in [3.05, 3.63) is 70.8 Å². The number of carbonyl (C=O) groups is 2. The first kappa shape index (κ1) is 26.0. The third kappa shape index (κ3) is 5.08. The van der Waals surface area contributed by atoms with Crippen LogP contribution in [-0.2, 0) is 24.3 Å². The van der Waals surface area contributed by atoms with E-state index in [0.717, 1.165) is 28.5 Å². The van der Waals surface area contributed by atoms with Gasteiger partial charge in [0.05, 0.1) is 29.7 Å². The van der Waals surface area contributed by atoms with Gasteiger partial charge in [0, 0.05) is 45.8 Å². The number of aliphatic hydroxyl groups is 1. The van der Waals surface area contributed by atoms with E-state index in [1.165, 1.54) is 43.3 Å². The van der Waals surface area contributed by atoms with Gasteiger partial charge in [-0.2, -0.15) is 0 Å². The Bertz CT molecular complexity index is 1260. The Kier molecular flexibility index (Phi) is 7.60. The zero-order chi connectivity index (χ0) is 26.0. The lowest BCUT2D eigenvalue weighted by molar-refractivity contribution is -0.140. The predicted molar refractivity (Wildman–Crippen MR) is 135 cm³/mol. The fraction of sp³-hybridized carbons (Fsp3) is 0.385. The zero-order valence-corrected chi connectivity index (χ0v) is 21.5. The summed E-state index contributed by atoms with van der Waals surface area (Å²) in [5.41, 5.74) is 2.00. The van der Waals surface area contributed by atoms with E-state index in [4.69, 9.17) is 4.74 Å². The molecule has 2 saturated heterocycles. The Labute approximate surface area is 211 Å². The number of nitrogens with zero attached hydrogens (tertiary/aromatic N) is 3. The quantitative estimate of drug-likeness (QED) is 0.343. The third-order valence-electron chi connectivity index (χ3n) is 6.60. The number of hydrogen-bond acceptors (Lipinski definition) is 7. The maximum absolute atomic E-state index is 13.2. The first-order chi connectivity index (χ1) is 17.1. The van der Waals surface area contributed by atoms with E-state index in [-0.39, 0.29) is 21.8 Å². The second kappa shape index (κ2) is 10.5. The minimum absolute atomic E-state index is 0.00551. The molecular formula is C26H31N3O6S. The molecule has 192 valence electrons. The van der Waals surface area contributed by atoms with Gasteiger partial charge in [-0.1, -0.05) is 29.8 Å². The van der Waals surface area contributed by atoms with Crippen LogP contribution in [0, 0.1) is 6.92 Å². The van der Waals surface area contributed by atoms with Crippen LogP contribution in [0.3, 0.4) is 0 Å². The predicted octanol–water partition coefficient (Wildman–Crippen LogP) is 2.00. The summed E-state index contributed by atoms with van der Waals surface area (Å²) in [6.45, 7) is 5.60. The van der Waals surface area contributed by atoms with E-state index >= 15 is 0 Å². The molecule has 0 unspecified atom stereocenters. The minimum Gasteiger partial charge on any atom is -0.507 e. The highest BCUT2D eigenvalue weighted by Crippen LogP contribution is 2.39. The first-order valence-electron chi connectivity index (χ1n) is 11.8. The van der Waals surface area contributed by atoms with E-state index < -0.39 is 27.8 Å². The van der Waals surface area contributed by atoms with Crippen LogP contribution in [0.1, 0.15) is 22.7 Å². The van der Waals surface area contributed by atoms with Crippen molar-refractivity contribution >= 4 is 27.5 Å². The van der Waals surface area contributed by atoms with E-state index in [1.807, 2.05) is 31.2 Å². The SMILES string of the molecule is Cc1ccc([C@@H]2/C(=C(\O)c3ccc(S(=O)(=O)N(C)C)cc3)C(=O)C(=O)N2CCN2CCOCC2)cc1. The number of morpholine rings is 1. The number of likely N-dealkylation sites (tertiary alicyclic amines) is 1. The van der Waals surface area contributed by atoms with Crippen LogP contribution < -0.4 is 0 Å². The summed E-state index contributed by atoms with van der Waals surface area (Å²) in [5, 5.41) is 11.2. The van der Waals surface area contributed by atoms with Gasteiger partial charge in [-0.15, -0.1) is 0 Å². The number of benzene rings is 2. The highest BCUT2D eigenvalue weighted by Gasteiger charge is 2.46. The van der Waals surface area contributed by atoms with Crippen LogP contribution in [-0.4, -0.2) is 92.8 Å². The highest BCUT2D eigenvalue weighted by atomic mass is 32.2. The molecule has 2 fully saturated rings. The summed E-state index contributed by atoms with van der Waals surface area (Å²) in [7, 11) is -0.782. The number of hydrogen-bond donors (Lipinski definition) is 1. The van der Waals surface area contributed by atoms with Crippen LogP contribution in [0.15, 0.2) is 59.0 Å². The average molecular weight is 514 g/mol. The van der Waals surface area contributed by atoms with Gasteiger partial charge in [0.1, 0.15) is 5.76 Å². The lowest BCUT2D eigenvalue weighted by atomic mass is 9.95. The van der Waals surface area contributed by atoms with E-state index in [1.54, 1.807) is 0 Å². The number of ether oxygens (including phenoxy) is 1. The topological polar surface area (TPSA) is 107 Å². The summed E-state index contributed by atoms with van der Waals surface area (Å²) in [4.78, 5) is 30.1. The summed E-state index contributed by atoms with van der Waals surface area (Å²) in [6.07, 6.45) is 0. The van der Waals surface area contributed by atoms with Gasteiger partial charge in [0.25, 0.3) is 11.7 Å². The zero-order valence-electron chi connectivity index (χ0n) is 20.7. The van der Waals surface area contributed by atoms with Crippen LogP contribution in [0.5, 0.6) is 0 Å². The van der Waals surface area contributed by atoms with Crippen molar-refractivity contribution in [1.82, 2.24) is 14.1 Å². The molecule has 10 heteroatoms. The lowest BCUT2D eigenvalue weighted by Crippen LogP contribution is -2.42. The Balaban J connectivity index is 1.72. The fourth-order valence-corrected chi connectivity index (χ4v) is 5.33. The van der Waals surface area contributed by atoms with Gasteiger partial charge in [-0.3, -0.25) is 14.5 Å². The first-order valence-corrected chi connectivity index (χ1v) is 13.2. The van der Waals surface area contributed by atoms with Crippen molar-refractivity contribution in [2.24, 2.45) is 0 Å². The Morgan fingerprint density at radius 3 is 2.19 bits per heavy atom. The highest BCUT2D eigenvalue weighted by molar-refractivity contribution is 7.89. The van der Waals surface area contributed by atoms with Crippen molar-refractivity contribution < 1.29 is 27.9 Å². The molecule has 36 heavy (non-hydrogen) atoms. The van der Waals surface area contributed by atoms with Gasteiger partial charge in [-0.05, 0) is 36.8 Å². The smallest absolute Gasteiger partial charge is 0.295 e. The van der Waals surface area contributed by atoms with Gasteiger partial charge >= 0.3 is 0 Å². The molecule has 2 aromatic carbocycles. The number of rotatable bonds is 7. The molecule has 0 saturated carbocycles. The number of sulfonamides is 1. The van der Waals surface area contributed by atoms with Crippen molar-refractivity contribution in [1.29, 1.82) is 0 Å². The van der Waals surface area contributed by atoms with Gasteiger partial charge in [0.15, 0.2) is 0 Å². The molecule has 0 bridgehead atoms. The Morgan fingerprint density at radius 2 is 1.61 bits per heavy atom. The number of ketones is 1. The summed E-state index contributed by atoms with van der Waals surface area (Å²) < 4.78 is 31.3. The Morgan fingerprint density at radius 1 is 1.00 bits per heavy atom. The molecule has 0 spiro atoms. The van der Waals surface area contributed by atoms with E-state index in [2.05, 4.69) is 4.90 Å². The molecule has 0 radical (unpaired) electrons. The fourth-order valence-electron chi connectivity index (χ4n) is 4.43. The molecule has 2 aromatic rings. The molecule has 0 aromatic heterocycles. The van der Waals surface area contributed by atoms with Gasteiger partial charge < -0.3 is 14.7 Å². The standard InChI is InChI=1S/C26H31N3O6S/c1-18-4-6-19(7-5-18)23-22(24(30)20-8-10-21(11-9-20)36(33,34)27(2)3)25(31)26(32)29(23)13-12-28-14-16-35-17-15-28/h4-11,23,30H,12-17H2,1-3H3/b24-22+/t23-/m1/s1. The van der Waals surface area contributed by atoms with Crippen molar-refractivity contribution in [3.63, 3.8) is 0 Å². The number of Topliss-reactive ketones (excluding diaryl/α,β-unsaturated/α-hetero) is 1. The van der Waals surface area contributed by atoms with Crippen molar-refractivity contribution in [3.8, 4) is 0 Å². The second-order valence-electron chi connectivity index (χ2n) is 9.17. The number of aryl methyl sites for hydroxylation is 1. The average Bonchev–Trinajstić information content (AvgIpc) is 3.13. The maximum atomic E-state index is 13.2. The third-order valence-corrected chi connectivity index (χ3v) is 8.43. The van der Waals surface area contributed by atoms with E-state index in [0.29, 0.717) is 26.3 Å². The second-order valence-corrected chi connectivity index (χ2v) is 11.3. The molecule has 1 N–H and O–H groups in total. The van der Waals surface area contributed by atoms with Crippen LogP contribution in [0.4, 0.5) is 0 Å². The number of amides is 1. The summed E-state index contributed by atoms with van der Waals surface area (Å²) >= 11 is 0. The number of aliphatic hydroxyl groups excluding tert-OH is 1. The van der Waals surface area contributed by atoms with Crippen LogP contribution in [0.25, 0.3) is 5.76 Å². The molecule has 2 heterocycles. The van der Waals surface area contributed by atoms with Gasteiger partial charge in [-0.25, -0.2) is 12.7 Å². The molecule has 2 aliphatic rings. The normalized spacial score (nSPS) is 20.9. The molecule has 1 amide bonds. The minimum atomic E-state index is -3.65. The Hall–Kier alpha value is -3.05. The lowest BCUT2D eigenvalue weighted by Gasteiger charge is -2.31. The monoisotopic (exact) mass is 513 g/mol. The van der Waals surface area contributed by atoms with Crippen LogP contribution in [0.2, 0.25) is 0 Å². The molecule has 2 aliphatic heterocycles. The molecule has 1 atom stereocenters. The number of carbonyl (C=O) groups excluding carboxylic acids is 2. The molecule has 0 aliphatic carbocycles. The molecular weight excluding hydrogens is 482 g/mol. The molecule has 4 rings (SSSR count). The van der Waals surface area contributed by atoms with Gasteiger partial charge in [0.2, 0.25) is 10.0 Å². The van der Waals surface area contributed by atoms with Crippen molar-refractivity contribution in [2.45, 2.75) is 17.9 Å². The summed E-state index contributed by atoms with van der Waals surface area (Å²) in [5.74, 6) is -1.76. The van der Waals surface area contributed by atoms with E-state index in [9.17, 15) is 23.1 Å². The molecule has 9 nitrogen and oxygen atoms in total. The van der Waals surface area contributed by atoms with Crippen molar-refractivity contribution in [2.75, 3.05) is 53.5 Å². The van der Waals surface area contributed by atoms with Crippen LogP contribution >= 0.6 is 0 Å². The largest absolute Gasteiger partial charge is 0.507 e. The maximum Gasteiger partial charge on any atom is 0.295 e. The summed E-state index contributed by atoms with van der Waals surface area (Å²) in [6, 6.07) is 12.4.